The van der Waals surface area contributed by atoms with Gasteiger partial charge in [-0.1, -0.05) is 81.7 Å². The molecule has 0 spiro atoms. The molecular weight excluding hydrogens is 504 g/mol. The number of halogens is 4. The molecule has 1 aliphatic heterocycles. The van der Waals surface area contributed by atoms with Crippen LogP contribution in [0.4, 0.5) is 17.6 Å². The molecule has 1 fully saturated rings. The maximum atomic E-state index is 15.0. The largest absolute Gasteiger partial charge is 0.490 e. The summed E-state index contributed by atoms with van der Waals surface area (Å²) in [6.07, 6.45) is 11.1. The van der Waals surface area contributed by atoms with E-state index in [9.17, 15) is 13.2 Å². The van der Waals surface area contributed by atoms with Gasteiger partial charge in [-0.3, -0.25) is 0 Å². The highest BCUT2D eigenvalue weighted by Gasteiger charge is 2.21. The molecule has 0 saturated carbocycles. The maximum Gasteiger partial charge on any atom is 0.201 e. The van der Waals surface area contributed by atoms with Gasteiger partial charge in [0.15, 0.2) is 23.2 Å². The summed E-state index contributed by atoms with van der Waals surface area (Å²) in [7, 11) is 0. The third-order valence-electron chi connectivity index (χ3n) is 7.21. The van der Waals surface area contributed by atoms with Gasteiger partial charge in [0.25, 0.3) is 0 Å². The highest BCUT2D eigenvalue weighted by Crippen LogP contribution is 2.33. The van der Waals surface area contributed by atoms with Crippen LogP contribution < -0.4 is 4.74 Å². The van der Waals surface area contributed by atoms with Crippen LogP contribution >= 0.6 is 0 Å². The first kappa shape index (κ1) is 28.9. The van der Waals surface area contributed by atoms with Crippen LogP contribution in [0.1, 0.15) is 64.4 Å². The minimum absolute atomic E-state index is 0.0639. The molecule has 2 atom stereocenters. The smallest absolute Gasteiger partial charge is 0.201 e. The first-order valence-corrected chi connectivity index (χ1v) is 13.9. The van der Waals surface area contributed by atoms with Gasteiger partial charge in [-0.05, 0) is 48.9 Å². The molecule has 0 bridgehead atoms. The number of rotatable bonds is 11. The minimum Gasteiger partial charge on any atom is -0.490 e. The molecule has 3 aromatic carbocycles. The Kier molecular flexibility index (Phi) is 10.2. The van der Waals surface area contributed by atoms with E-state index in [1.54, 1.807) is 36.4 Å². The van der Waals surface area contributed by atoms with Crippen molar-refractivity contribution in [1.29, 1.82) is 0 Å². The zero-order valence-corrected chi connectivity index (χ0v) is 22.6. The number of hydrogen-bond donors (Lipinski definition) is 0. The van der Waals surface area contributed by atoms with E-state index < -0.39 is 23.3 Å². The van der Waals surface area contributed by atoms with Crippen molar-refractivity contribution >= 4 is 6.08 Å². The second-order valence-corrected chi connectivity index (χ2v) is 10.1. The fraction of sp³-hybridized carbons (Fsp3) is 0.394. The van der Waals surface area contributed by atoms with E-state index in [-0.39, 0.29) is 35.0 Å². The molecule has 1 saturated heterocycles. The van der Waals surface area contributed by atoms with E-state index in [1.165, 1.54) is 37.5 Å². The molecule has 3 aromatic rings. The maximum absolute atomic E-state index is 15.0. The molecule has 1 heterocycles. The van der Waals surface area contributed by atoms with E-state index >= 15 is 4.39 Å². The van der Waals surface area contributed by atoms with Crippen LogP contribution in [0, 0.1) is 29.2 Å². The lowest BCUT2D eigenvalue weighted by Crippen LogP contribution is -2.24. The van der Waals surface area contributed by atoms with Crippen molar-refractivity contribution in [3.63, 3.8) is 0 Å². The fourth-order valence-corrected chi connectivity index (χ4v) is 4.89. The van der Waals surface area contributed by atoms with E-state index in [0.717, 1.165) is 19.3 Å². The van der Waals surface area contributed by atoms with Crippen LogP contribution in [0.5, 0.6) is 5.75 Å². The molecule has 6 heteroatoms. The average molecular weight is 541 g/mol. The Morgan fingerprint density at radius 3 is 2.05 bits per heavy atom. The SMILES string of the molecule is CCCCCC1CCC(C=Cc2ccc(-c3ccc(-c4ccc(OCCC)c(F)c4F)cc3)c(F)c2F)CO1. The molecular formula is C33H36F4O2. The molecule has 208 valence electrons. The van der Waals surface area contributed by atoms with Crippen LogP contribution in [-0.4, -0.2) is 19.3 Å². The summed E-state index contributed by atoms with van der Waals surface area (Å²) in [5.41, 5.74) is 1.20. The molecule has 0 aliphatic carbocycles. The van der Waals surface area contributed by atoms with Gasteiger partial charge in [0, 0.05) is 22.6 Å². The lowest BCUT2D eigenvalue weighted by molar-refractivity contribution is -0.00915. The summed E-state index contributed by atoms with van der Waals surface area (Å²) in [6, 6.07) is 12.2. The van der Waals surface area contributed by atoms with Gasteiger partial charge < -0.3 is 9.47 Å². The summed E-state index contributed by atoms with van der Waals surface area (Å²) < 4.78 is 70.3. The summed E-state index contributed by atoms with van der Waals surface area (Å²) in [5, 5.41) is 0. The van der Waals surface area contributed by atoms with Crippen molar-refractivity contribution in [2.75, 3.05) is 13.2 Å². The van der Waals surface area contributed by atoms with Gasteiger partial charge >= 0.3 is 0 Å². The number of unbranched alkanes of at least 4 members (excludes halogenated alkanes) is 2. The Morgan fingerprint density at radius 2 is 1.44 bits per heavy atom. The average Bonchev–Trinajstić information content (AvgIpc) is 2.96. The van der Waals surface area contributed by atoms with Crippen molar-refractivity contribution in [1.82, 2.24) is 0 Å². The molecule has 0 radical (unpaired) electrons. The fourth-order valence-electron chi connectivity index (χ4n) is 4.89. The third-order valence-corrected chi connectivity index (χ3v) is 7.21. The summed E-state index contributed by atoms with van der Waals surface area (Å²) in [5.74, 6) is -3.88. The lowest BCUT2D eigenvalue weighted by Gasteiger charge is -2.27. The monoisotopic (exact) mass is 540 g/mol. The van der Waals surface area contributed by atoms with E-state index in [1.807, 2.05) is 13.0 Å². The summed E-state index contributed by atoms with van der Waals surface area (Å²) >= 11 is 0. The van der Waals surface area contributed by atoms with Gasteiger partial charge in [0.1, 0.15) is 0 Å². The molecule has 1 aliphatic rings. The number of benzene rings is 3. The molecule has 0 amide bonds. The zero-order chi connectivity index (χ0) is 27.8. The van der Waals surface area contributed by atoms with Crippen molar-refractivity contribution in [2.24, 2.45) is 5.92 Å². The van der Waals surface area contributed by atoms with E-state index in [2.05, 4.69) is 6.92 Å². The highest BCUT2D eigenvalue weighted by atomic mass is 19.2. The van der Waals surface area contributed by atoms with Gasteiger partial charge in [-0.2, -0.15) is 4.39 Å². The van der Waals surface area contributed by atoms with Crippen LogP contribution in [0.25, 0.3) is 28.3 Å². The molecule has 0 N–H and O–H groups in total. The van der Waals surface area contributed by atoms with E-state index in [0.29, 0.717) is 30.3 Å². The Labute approximate surface area is 228 Å². The van der Waals surface area contributed by atoms with Crippen LogP contribution in [0.3, 0.4) is 0 Å². The lowest BCUT2D eigenvalue weighted by atomic mass is 9.94. The first-order valence-electron chi connectivity index (χ1n) is 13.9. The molecule has 0 aromatic heterocycles. The zero-order valence-electron chi connectivity index (χ0n) is 22.6. The normalized spacial score (nSPS) is 17.6. The Bertz CT molecular complexity index is 1260. The van der Waals surface area contributed by atoms with Crippen molar-refractivity contribution < 1.29 is 27.0 Å². The standard InChI is InChI=1S/C33H36F4O2/c1-3-5-6-7-26-16-9-22(21-39-26)8-10-25-15-17-27(31(35)30(25)34)23-11-13-24(14-12-23)28-18-19-29(38-20-4-2)33(37)32(28)36/h8,10-15,17-19,22,26H,3-7,9,16,20-21H2,1-2H3. The highest BCUT2D eigenvalue weighted by molar-refractivity contribution is 5.72. The first-order chi connectivity index (χ1) is 18.9. The van der Waals surface area contributed by atoms with Crippen LogP contribution in [0.15, 0.2) is 54.6 Å². The molecule has 4 rings (SSSR count). The molecule has 2 unspecified atom stereocenters. The molecule has 2 nitrogen and oxygen atoms in total. The summed E-state index contributed by atoms with van der Waals surface area (Å²) in [4.78, 5) is 0. The van der Waals surface area contributed by atoms with Crippen molar-refractivity contribution in [3.05, 3.63) is 83.4 Å². The number of ether oxygens (including phenoxy) is 2. The van der Waals surface area contributed by atoms with Crippen molar-refractivity contribution in [2.45, 2.75) is 64.9 Å². The second-order valence-electron chi connectivity index (χ2n) is 10.1. The van der Waals surface area contributed by atoms with Crippen LogP contribution in [-0.2, 0) is 4.74 Å². The minimum atomic E-state index is -1.05. The quantitative estimate of drug-likeness (QED) is 0.178. The summed E-state index contributed by atoms with van der Waals surface area (Å²) in [6.45, 7) is 4.94. The third kappa shape index (κ3) is 7.10. The molecule has 39 heavy (non-hydrogen) atoms. The second kappa shape index (κ2) is 13.8. The predicted molar refractivity (Wildman–Crippen MR) is 149 cm³/mol. The van der Waals surface area contributed by atoms with Gasteiger partial charge in [0.05, 0.1) is 19.3 Å². The predicted octanol–water partition coefficient (Wildman–Crippen LogP) is 9.75. The van der Waals surface area contributed by atoms with Gasteiger partial charge in [-0.15, -0.1) is 0 Å². The van der Waals surface area contributed by atoms with Crippen molar-refractivity contribution in [3.8, 4) is 28.0 Å². The Hall–Kier alpha value is -3.12. The Balaban J connectivity index is 1.43. The van der Waals surface area contributed by atoms with Gasteiger partial charge in [0.2, 0.25) is 5.82 Å². The van der Waals surface area contributed by atoms with E-state index in [4.69, 9.17) is 9.47 Å². The van der Waals surface area contributed by atoms with Gasteiger partial charge in [-0.25, -0.2) is 13.2 Å². The van der Waals surface area contributed by atoms with Crippen LogP contribution in [0.2, 0.25) is 0 Å². The number of hydrogen-bond acceptors (Lipinski definition) is 2. The Morgan fingerprint density at radius 1 is 0.769 bits per heavy atom. The topological polar surface area (TPSA) is 18.5 Å².